The summed E-state index contributed by atoms with van der Waals surface area (Å²) >= 11 is 0. The molecule has 3 nitrogen and oxygen atoms in total. The third-order valence-corrected chi connectivity index (χ3v) is 1.72. The van der Waals surface area contributed by atoms with Gasteiger partial charge >= 0.3 is 0 Å². The number of rotatable bonds is 2. The summed E-state index contributed by atoms with van der Waals surface area (Å²) in [5, 5.41) is 12.0. The van der Waals surface area contributed by atoms with Crippen LogP contribution in [0.3, 0.4) is 0 Å². The summed E-state index contributed by atoms with van der Waals surface area (Å²) in [4.78, 5) is 10.8. The second-order valence-electron chi connectivity index (χ2n) is 2.84. The highest BCUT2D eigenvalue weighted by atomic mass is 16.3. The van der Waals surface area contributed by atoms with Gasteiger partial charge in [-0.25, -0.2) is 0 Å². The Labute approximate surface area is 82.8 Å². The highest BCUT2D eigenvalue weighted by Gasteiger charge is 2.09. The van der Waals surface area contributed by atoms with Crippen LogP contribution in [0.15, 0.2) is 24.3 Å². The van der Waals surface area contributed by atoms with Gasteiger partial charge in [0.25, 0.3) is 0 Å². The zero-order valence-electron chi connectivity index (χ0n) is 7.82. The van der Waals surface area contributed by atoms with Gasteiger partial charge in [0.2, 0.25) is 5.91 Å². The molecule has 0 aliphatic carbocycles. The monoisotopic (exact) mass is 189 g/mol. The molecule has 0 radical (unpaired) electrons. The number of hydrogen-bond acceptors (Lipinski definition) is 2. The number of terminal acetylenes is 1. The van der Waals surface area contributed by atoms with E-state index in [2.05, 4.69) is 11.2 Å². The summed E-state index contributed by atoms with van der Waals surface area (Å²) in [5.41, 5.74) is 1.08. The fourth-order valence-electron chi connectivity index (χ4n) is 1.13. The normalized spacial score (nSPS) is 11.5. The van der Waals surface area contributed by atoms with Crippen molar-refractivity contribution in [1.29, 1.82) is 0 Å². The molecule has 0 saturated carbocycles. The van der Waals surface area contributed by atoms with Crippen molar-refractivity contribution in [3.05, 3.63) is 29.8 Å². The van der Waals surface area contributed by atoms with Crippen molar-refractivity contribution < 1.29 is 9.90 Å². The van der Waals surface area contributed by atoms with Crippen molar-refractivity contribution in [3.8, 4) is 12.3 Å². The number of aliphatic hydroxyl groups excluding tert-OH is 1. The van der Waals surface area contributed by atoms with Crippen molar-refractivity contribution in [2.75, 3.05) is 5.32 Å². The van der Waals surface area contributed by atoms with E-state index in [0.717, 1.165) is 0 Å². The van der Waals surface area contributed by atoms with Crippen LogP contribution in [0.25, 0.3) is 0 Å². The van der Waals surface area contributed by atoms with Gasteiger partial charge < -0.3 is 10.4 Å². The van der Waals surface area contributed by atoms with Crippen molar-refractivity contribution in [3.63, 3.8) is 0 Å². The van der Waals surface area contributed by atoms with Crippen molar-refractivity contribution in [2.45, 2.75) is 13.0 Å². The van der Waals surface area contributed by atoms with Gasteiger partial charge in [-0.15, -0.1) is 6.42 Å². The van der Waals surface area contributed by atoms with Crippen molar-refractivity contribution in [1.82, 2.24) is 0 Å². The lowest BCUT2D eigenvalue weighted by Crippen LogP contribution is -2.09. The van der Waals surface area contributed by atoms with Crippen LogP contribution < -0.4 is 5.32 Å². The number of carbonyl (C=O) groups excluding carboxylic acids is 1. The topological polar surface area (TPSA) is 49.3 Å². The van der Waals surface area contributed by atoms with Gasteiger partial charge in [-0.05, 0) is 6.07 Å². The maximum Gasteiger partial charge on any atom is 0.221 e. The Balaban J connectivity index is 3.04. The average Bonchev–Trinajstić information content (AvgIpc) is 2.16. The molecule has 1 unspecified atom stereocenters. The molecule has 0 fully saturated rings. The number of para-hydroxylation sites is 1. The van der Waals surface area contributed by atoms with Gasteiger partial charge in [-0.2, -0.15) is 0 Å². The molecule has 0 saturated heterocycles. The lowest BCUT2D eigenvalue weighted by Gasteiger charge is -2.10. The average molecular weight is 189 g/mol. The SMILES string of the molecule is C#CC(O)c1ccccc1NC(C)=O. The molecule has 72 valence electrons. The molecule has 0 aromatic heterocycles. The molecular formula is C11H11NO2. The summed E-state index contributed by atoms with van der Waals surface area (Å²) in [6.07, 6.45) is 4.10. The van der Waals surface area contributed by atoms with Crippen LogP contribution in [-0.2, 0) is 4.79 Å². The van der Waals surface area contributed by atoms with Crippen LogP contribution in [-0.4, -0.2) is 11.0 Å². The first-order valence-electron chi connectivity index (χ1n) is 4.16. The molecule has 0 aliphatic heterocycles. The highest BCUT2D eigenvalue weighted by Crippen LogP contribution is 2.21. The van der Waals surface area contributed by atoms with Crippen molar-refractivity contribution in [2.24, 2.45) is 0 Å². The molecule has 3 heteroatoms. The van der Waals surface area contributed by atoms with Crippen LogP contribution in [0.1, 0.15) is 18.6 Å². The Bertz CT molecular complexity index is 379. The Morgan fingerprint density at radius 1 is 1.57 bits per heavy atom. The van der Waals surface area contributed by atoms with Crippen LogP contribution in [0, 0.1) is 12.3 Å². The van der Waals surface area contributed by atoms with Gasteiger partial charge in [0.05, 0.1) is 0 Å². The number of aliphatic hydroxyl groups is 1. The third kappa shape index (κ3) is 2.35. The number of nitrogens with one attached hydrogen (secondary N) is 1. The molecule has 1 amide bonds. The fraction of sp³-hybridized carbons (Fsp3) is 0.182. The predicted octanol–water partition coefficient (Wildman–Crippen LogP) is 1.31. The van der Waals surface area contributed by atoms with E-state index in [1.165, 1.54) is 6.92 Å². The molecule has 1 aromatic rings. The van der Waals surface area contributed by atoms with Gasteiger partial charge in [-0.1, -0.05) is 24.1 Å². The third-order valence-electron chi connectivity index (χ3n) is 1.72. The van der Waals surface area contributed by atoms with Crippen LogP contribution in [0.2, 0.25) is 0 Å². The van der Waals surface area contributed by atoms with E-state index in [1.54, 1.807) is 24.3 Å². The number of anilines is 1. The second kappa shape index (κ2) is 4.45. The first-order valence-corrected chi connectivity index (χ1v) is 4.16. The van der Waals surface area contributed by atoms with Crippen molar-refractivity contribution >= 4 is 11.6 Å². The predicted molar refractivity (Wildman–Crippen MR) is 54.5 cm³/mol. The molecule has 1 rings (SSSR count). The number of hydrogen-bond donors (Lipinski definition) is 2. The molecular weight excluding hydrogens is 178 g/mol. The fourth-order valence-corrected chi connectivity index (χ4v) is 1.13. The van der Waals surface area contributed by atoms with E-state index >= 15 is 0 Å². The van der Waals surface area contributed by atoms with E-state index in [4.69, 9.17) is 6.42 Å². The maximum absolute atomic E-state index is 10.8. The van der Waals surface area contributed by atoms with E-state index in [-0.39, 0.29) is 5.91 Å². The molecule has 1 atom stereocenters. The lowest BCUT2D eigenvalue weighted by atomic mass is 10.1. The summed E-state index contributed by atoms with van der Waals surface area (Å²) in [6.45, 7) is 1.40. The minimum Gasteiger partial charge on any atom is -0.376 e. The Morgan fingerprint density at radius 3 is 2.79 bits per heavy atom. The van der Waals surface area contributed by atoms with Gasteiger partial charge in [0.15, 0.2) is 0 Å². The summed E-state index contributed by atoms with van der Waals surface area (Å²) in [6, 6.07) is 6.88. The molecule has 0 aliphatic rings. The van der Waals surface area contributed by atoms with Gasteiger partial charge in [-0.3, -0.25) is 4.79 Å². The van der Waals surface area contributed by atoms with E-state index < -0.39 is 6.10 Å². The smallest absolute Gasteiger partial charge is 0.221 e. The number of amides is 1. The molecule has 14 heavy (non-hydrogen) atoms. The summed E-state index contributed by atoms with van der Waals surface area (Å²) < 4.78 is 0. The minimum atomic E-state index is -0.988. The highest BCUT2D eigenvalue weighted by molar-refractivity contribution is 5.89. The Kier molecular flexibility index (Phi) is 3.27. The first-order chi connectivity index (χ1) is 6.65. The van der Waals surface area contributed by atoms with E-state index in [1.807, 2.05) is 0 Å². The lowest BCUT2D eigenvalue weighted by molar-refractivity contribution is -0.114. The summed E-state index contributed by atoms with van der Waals surface area (Å²) in [5.74, 6) is 2.01. The minimum absolute atomic E-state index is 0.193. The van der Waals surface area contributed by atoms with Crippen LogP contribution >= 0.6 is 0 Å². The van der Waals surface area contributed by atoms with E-state index in [0.29, 0.717) is 11.3 Å². The number of benzene rings is 1. The standard InChI is InChI=1S/C11H11NO2/c1-3-11(14)9-6-4-5-7-10(9)12-8(2)13/h1,4-7,11,14H,2H3,(H,12,13). The summed E-state index contributed by atoms with van der Waals surface area (Å²) in [7, 11) is 0. The Hall–Kier alpha value is -1.79. The molecule has 0 heterocycles. The number of carbonyl (C=O) groups is 1. The van der Waals surface area contributed by atoms with Crippen LogP contribution in [0.5, 0.6) is 0 Å². The first kappa shape index (κ1) is 10.3. The van der Waals surface area contributed by atoms with Gasteiger partial charge in [0, 0.05) is 18.2 Å². The van der Waals surface area contributed by atoms with E-state index in [9.17, 15) is 9.90 Å². The van der Waals surface area contributed by atoms with Crippen LogP contribution in [0.4, 0.5) is 5.69 Å². The quantitative estimate of drug-likeness (QED) is 0.689. The zero-order chi connectivity index (χ0) is 10.6. The molecule has 0 bridgehead atoms. The second-order valence-corrected chi connectivity index (χ2v) is 2.84. The molecule has 0 spiro atoms. The largest absolute Gasteiger partial charge is 0.376 e. The zero-order valence-corrected chi connectivity index (χ0v) is 7.82. The molecule has 1 aromatic carbocycles. The molecule has 2 N–H and O–H groups in total. The Morgan fingerprint density at radius 2 is 2.21 bits per heavy atom. The maximum atomic E-state index is 10.8. The van der Waals surface area contributed by atoms with Gasteiger partial charge in [0.1, 0.15) is 6.10 Å².